The zero-order valence-corrected chi connectivity index (χ0v) is 57.2. The highest BCUT2D eigenvalue weighted by Gasteiger charge is 2.30. The molecular formula is C80H106N4O4+2. The number of hydrogen-bond donors (Lipinski definition) is 0. The van der Waals surface area contributed by atoms with Gasteiger partial charge in [-0.15, -0.1) is 0 Å². The number of nitrogens with zero attached hydrogens (tertiary/aromatic N) is 4. The molecule has 8 nitrogen and oxygen atoms in total. The minimum atomic E-state index is -0.153. The monoisotopic (exact) mass is 1190 g/mol. The molecule has 0 fully saturated rings. The van der Waals surface area contributed by atoms with E-state index in [1.165, 1.54) is 100 Å². The SMILES string of the molecule is CCCOc1c2cc(C[n+]3ccn(-c4c(C(C)C)cccc4C(C)C)c3)cc1Cc1cc(C(C)(C)C)cc(c1OCCC)Cc1cc(C[n+]3ccn(-c4c(C(C)C)cccc4C(C)C)c3)cc(c1OCCC)Cc1cc(C(C)(C)C)cc(c1OCCC)C2. The fourth-order valence-electron chi connectivity index (χ4n) is 12.9. The standard InChI is InChI=1S/C80H106N4O4/c1-19-33-85-75-59-37-57(49-81-29-31-83(51-81)73-69(53(5)6)25-23-26-70(73)54(7)8)38-60(75)42-64-46-68(80(16,17)18)48-66(78(64)88-36-22-4)44-62-40-58(50-82-30-32-84(52-82)74-71(55(9)10)27-24-28-72(74)56(11)12)39-61(76(62)86-34-20-2)43-65-47-67(79(13,14)15)45-63(41-59)77(65)87-35-21-3/h23-32,37-40,45-48,51-56H,19-22,33-36,41-44,49-50H2,1-18H3/q+2. The van der Waals surface area contributed by atoms with Gasteiger partial charge in [0.15, 0.2) is 0 Å². The second kappa shape index (κ2) is 28.2. The van der Waals surface area contributed by atoms with Gasteiger partial charge in [0.2, 0.25) is 12.7 Å². The topological polar surface area (TPSA) is 54.5 Å². The Hall–Kier alpha value is -7.06. The van der Waals surface area contributed by atoms with Gasteiger partial charge in [-0.25, -0.2) is 18.3 Å². The number of fused-ring (bicyclic) bond motifs is 8. The number of hydrogen-bond acceptors (Lipinski definition) is 4. The Morgan fingerprint density at radius 1 is 0.386 bits per heavy atom. The molecule has 88 heavy (non-hydrogen) atoms. The number of rotatable bonds is 22. The molecule has 6 aromatic carbocycles. The van der Waals surface area contributed by atoms with E-state index in [0.29, 0.717) is 88.9 Å². The highest BCUT2D eigenvalue weighted by Crippen LogP contribution is 2.44. The van der Waals surface area contributed by atoms with Gasteiger partial charge in [0.1, 0.15) is 72.2 Å². The summed E-state index contributed by atoms with van der Waals surface area (Å²) >= 11 is 0. The molecule has 8 bridgehead atoms. The molecule has 2 aromatic heterocycles. The zero-order chi connectivity index (χ0) is 63.2. The van der Waals surface area contributed by atoms with Crippen molar-refractivity contribution in [3.8, 4) is 34.4 Å². The van der Waals surface area contributed by atoms with Gasteiger partial charge in [-0.2, -0.15) is 0 Å². The van der Waals surface area contributed by atoms with Gasteiger partial charge in [-0.05, 0) is 151 Å². The van der Waals surface area contributed by atoms with E-state index in [0.717, 1.165) is 48.7 Å². The molecule has 0 amide bonds. The number of imidazole rings is 2. The average Bonchev–Trinajstić information content (AvgIpc) is 1.99. The van der Waals surface area contributed by atoms with Gasteiger partial charge in [0.25, 0.3) is 0 Å². The molecule has 0 atom stereocenters. The predicted molar refractivity (Wildman–Crippen MR) is 364 cm³/mol. The summed E-state index contributed by atoms with van der Waals surface area (Å²) in [5.74, 6) is 5.38. The van der Waals surface area contributed by atoms with Crippen LogP contribution in [0.4, 0.5) is 0 Å². The van der Waals surface area contributed by atoms with Crippen molar-refractivity contribution in [2.75, 3.05) is 26.4 Å². The van der Waals surface area contributed by atoms with Crippen LogP contribution in [0.15, 0.2) is 122 Å². The molecule has 468 valence electrons. The van der Waals surface area contributed by atoms with E-state index < -0.39 is 0 Å². The lowest BCUT2D eigenvalue weighted by molar-refractivity contribution is -0.687. The maximum atomic E-state index is 7.18. The summed E-state index contributed by atoms with van der Waals surface area (Å²) in [5.41, 5.74) is 22.1. The maximum absolute atomic E-state index is 7.18. The van der Waals surface area contributed by atoms with Crippen molar-refractivity contribution in [3.05, 3.63) is 211 Å². The molecule has 0 spiro atoms. The molecule has 0 aliphatic heterocycles. The van der Waals surface area contributed by atoms with Crippen LogP contribution in [0.2, 0.25) is 0 Å². The van der Waals surface area contributed by atoms with Gasteiger partial charge >= 0.3 is 0 Å². The third kappa shape index (κ3) is 15.0. The number of benzene rings is 6. The maximum Gasteiger partial charge on any atom is 0.249 e. The van der Waals surface area contributed by atoms with Crippen LogP contribution in [0.5, 0.6) is 23.0 Å². The summed E-state index contributed by atoms with van der Waals surface area (Å²) in [6, 6.07) is 33.1. The summed E-state index contributed by atoms with van der Waals surface area (Å²) in [4.78, 5) is 0. The number of para-hydroxylation sites is 2. The van der Waals surface area contributed by atoms with Crippen molar-refractivity contribution in [2.45, 2.75) is 224 Å². The minimum Gasteiger partial charge on any atom is -0.493 e. The first-order chi connectivity index (χ1) is 42.0. The van der Waals surface area contributed by atoms with Crippen molar-refractivity contribution < 1.29 is 28.1 Å². The third-order valence-corrected chi connectivity index (χ3v) is 17.5. The summed E-state index contributed by atoms with van der Waals surface area (Å²) in [5, 5.41) is 0. The van der Waals surface area contributed by atoms with Crippen molar-refractivity contribution in [2.24, 2.45) is 0 Å². The molecule has 0 unspecified atom stereocenters. The minimum absolute atomic E-state index is 0.153. The van der Waals surface area contributed by atoms with Crippen LogP contribution in [0.3, 0.4) is 0 Å². The molecule has 9 rings (SSSR count). The lowest BCUT2D eigenvalue weighted by Crippen LogP contribution is -2.32. The van der Waals surface area contributed by atoms with Gasteiger partial charge in [0, 0.05) is 47.9 Å². The molecule has 8 heteroatoms. The van der Waals surface area contributed by atoms with Crippen molar-refractivity contribution in [3.63, 3.8) is 0 Å². The van der Waals surface area contributed by atoms with Gasteiger partial charge in [-0.3, -0.25) is 0 Å². The summed E-state index contributed by atoms with van der Waals surface area (Å²) in [6.45, 7) is 45.1. The quantitative estimate of drug-likeness (QED) is 0.0635. The smallest absolute Gasteiger partial charge is 0.249 e. The lowest BCUT2D eigenvalue weighted by atomic mass is 9.81. The fraction of sp³-hybridized carbons (Fsp3) is 0.475. The van der Waals surface area contributed by atoms with E-state index in [4.69, 9.17) is 18.9 Å². The Morgan fingerprint density at radius 2 is 0.636 bits per heavy atom. The van der Waals surface area contributed by atoms with E-state index in [-0.39, 0.29) is 10.8 Å². The number of ether oxygens (including phenoxy) is 4. The van der Waals surface area contributed by atoms with Crippen molar-refractivity contribution in [1.82, 2.24) is 9.13 Å². The molecular weight excluding hydrogens is 1080 g/mol. The molecule has 0 saturated carbocycles. The highest BCUT2D eigenvalue weighted by molar-refractivity contribution is 5.60. The van der Waals surface area contributed by atoms with E-state index in [1.807, 2.05) is 0 Å². The average molecular weight is 1190 g/mol. The second-order valence-electron chi connectivity index (χ2n) is 28.5. The highest BCUT2D eigenvalue weighted by atomic mass is 16.5. The van der Waals surface area contributed by atoms with Gasteiger partial charge in [-0.1, -0.05) is 185 Å². The Balaban J connectivity index is 1.31. The lowest BCUT2D eigenvalue weighted by Gasteiger charge is -2.27. The van der Waals surface area contributed by atoms with Crippen molar-refractivity contribution >= 4 is 0 Å². The normalized spacial score (nSPS) is 12.9. The second-order valence-corrected chi connectivity index (χ2v) is 28.5. The first-order valence-electron chi connectivity index (χ1n) is 33.5. The molecule has 0 radical (unpaired) electrons. The van der Waals surface area contributed by atoms with Crippen LogP contribution in [0, 0.1) is 0 Å². The van der Waals surface area contributed by atoms with Crippen LogP contribution in [0.1, 0.15) is 263 Å². The van der Waals surface area contributed by atoms with Crippen LogP contribution in [-0.4, -0.2) is 35.6 Å². The molecule has 0 saturated heterocycles. The Morgan fingerprint density at radius 3 is 0.864 bits per heavy atom. The fourth-order valence-corrected chi connectivity index (χ4v) is 12.9. The van der Waals surface area contributed by atoms with Gasteiger partial charge in [0.05, 0.1) is 26.4 Å². The Bertz CT molecular complexity index is 3300. The Labute approximate surface area is 530 Å². The first-order valence-corrected chi connectivity index (χ1v) is 33.5. The molecule has 0 N–H and O–H groups in total. The Kier molecular flexibility index (Phi) is 20.9. The number of aromatic nitrogens is 4. The predicted octanol–water partition coefficient (Wildman–Crippen LogP) is 18.9. The van der Waals surface area contributed by atoms with Crippen LogP contribution < -0.4 is 28.1 Å². The van der Waals surface area contributed by atoms with Gasteiger partial charge < -0.3 is 18.9 Å². The van der Waals surface area contributed by atoms with Crippen LogP contribution in [-0.2, 0) is 49.6 Å². The third-order valence-electron chi connectivity index (χ3n) is 17.5. The van der Waals surface area contributed by atoms with Crippen molar-refractivity contribution in [1.29, 1.82) is 0 Å². The summed E-state index contributed by atoms with van der Waals surface area (Å²) in [7, 11) is 0. The van der Waals surface area contributed by atoms with Crippen LogP contribution in [0.25, 0.3) is 11.4 Å². The molecule has 8 aromatic rings. The van der Waals surface area contributed by atoms with Crippen LogP contribution >= 0.6 is 0 Å². The molecule has 2 heterocycles. The largest absolute Gasteiger partial charge is 0.493 e. The van der Waals surface area contributed by atoms with E-state index >= 15 is 0 Å². The first kappa shape index (κ1) is 65.4. The summed E-state index contributed by atoms with van der Waals surface area (Å²) < 4.78 is 38.1. The van der Waals surface area contributed by atoms with E-state index in [2.05, 4.69) is 265 Å². The summed E-state index contributed by atoms with van der Waals surface area (Å²) in [6.07, 6.45) is 19.6. The van der Waals surface area contributed by atoms with E-state index in [1.54, 1.807) is 0 Å². The molecule has 1 aliphatic carbocycles. The van der Waals surface area contributed by atoms with E-state index in [9.17, 15) is 0 Å². The zero-order valence-electron chi connectivity index (χ0n) is 57.2. The molecule has 1 aliphatic rings.